The van der Waals surface area contributed by atoms with Crippen molar-refractivity contribution in [1.29, 1.82) is 0 Å². The van der Waals surface area contributed by atoms with E-state index in [4.69, 9.17) is 0 Å². The molecule has 0 bridgehead atoms. The Hall–Kier alpha value is -0.830. The van der Waals surface area contributed by atoms with E-state index in [1.165, 1.54) is 22.3 Å². The van der Waals surface area contributed by atoms with Gasteiger partial charge in [0.05, 0.1) is 0 Å². The Labute approximate surface area is 132 Å². The maximum atomic E-state index is 3.87. The van der Waals surface area contributed by atoms with Crippen molar-refractivity contribution < 1.29 is 0 Å². The third kappa shape index (κ3) is 9.71. The largest absolute Gasteiger partial charge is 0.0850 e. The lowest BCUT2D eigenvalue weighted by molar-refractivity contribution is 1.14. The van der Waals surface area contributed by atoms with E-state index in [2.05, 4.69) is 100 Å². The second kappa shape index (κ2) is 10.0. The maximum Gasteiger partial charge on any atom is 0.0130 e. The number of rotatable bonds is 3. The van der Waals surface area contributed by atoms with Crippen LogP contribution in [0.25, 0.3) is 3.58 Å². The quantitative estimate of drug-likeness (QED) is 0.418. The summed E-state index contributed by atoms with van der Waals surface area (Å²) >= 11 is 2.24. The first-order valence-electron chi connectivity index (χ1n) is 6.59. The van der Waals surface area contributed by atoms with Crippen LogP contribution in [0, 0.1) is 0 Å². The molecule has 0 aromatic heterocycles. The normalized spacial score (nSPS) is 8.95. The molecule has 0 saturated heterocycles. The Morgan fingerprint density at radius 3 is 1.68 bits per heavy atom. The predicted molar refractivity (Wildman–Crippen MR) is 97.7 cm³/mol. The van der Waals surface area contributed by atoms with Crippen molar-refractivity contribution in [1.82, 2.24) is 0 Å². The lowest BCUT2D eigenvalue weighted by Gasteiger charge is -1.99. The van der Waals surface area contributed by atoms with E-state index in [-0.39, 0.29) is 0 Å². The lowest BCUT2D eigenvalue weighted by Crippen LogP contribution is -1.80. The number of hydrogen-bond acceptors (Lipinski definition) is 0. The van der Waals surface area contributed by atoms with Crippen LogP contribution >= 0.6 is 22.6 Å². The molecule has 1 heteroatoms. The molecule has 0 nitrogen and oxygen atoms in total. The molecule has 19 heavy (non-hydrogen) atoms. The van der Waals surface area contributed by atoms with E-state index in [1.54, 1.807) is 0 Å². The van der Waals surface area contributed by atoms with Gasteiger partial charge in [-0.1, -0.05) is 61.1 Å². The minimum atomic E-state index is 1.10. The zero-order chi connectivity index (χ0) is 14.8. The van der Waals surface area contributed by atoms with E-state index in [0.29, 0.717) is 0 Å². The fraction of sp³-hybridized carbons (Fsp3) is 0.333. The second-order valence-corrected chi connectivity index (χ2v) is 6.25. The third-order valence-corrected chi connectivity index (χ3v) is 3.05. The molecule has 1 aromatic carbocycles. The highest BCUT2D eigenvalue weighted by Crippen LogP contribution is 2.19. The predicted octanol–water partition coefficient (Wildman–Crippen LogP) is 6.57. The maximum absolute atomic E-state index is 3.87. The summed E-state index contributed by atoms with van der Waals surface area (Å²) in [5, 5.41) is 0. The molecule has 0 aliphatic rings. The molecule has 1 aromatic rings. The van der Waals surface area contributed by atoms with Crippen LogP contribution in [-0.4, -0.2) is 0 Å². The van der Waals surface area contributed by atoms with Crippen LogP contribution < -0.4 is 0 Å². The second-order valence-electron chi connectivity index (χ2n) is 4.94. The third-order valence-electron chi connectivity index (χ3n) is 2.43. The SMILES string of the molecule is C=C(I)c1ccc(CC)cc1.CC(C)=CC=C(C)C. The fourth-order valence-corrected chi connectivity index (χ4v) is 1.61. The highest BCUT2D eigenvalue weighted by Gasteiger charge is 1.93. The van der Waals surface area contributed by atoms with Gasteiger partial charge in [-0.15, -0.1) is 0 Å². The summed E-state index contributed by atoms with van der Waals surface area (Å²) in [7, 11) is 0. The van der Waals surface area contributed by atoms with Gasteiger partial charge in [0, 0.05) is 3.58 Å². The van der Waals surface area contributed by atoms with Gasteiger partial charge >= 0.3 is 0 Å². The van der Waals surface area contributed by atoms with Crippen LogP contribution in [0.1, 0.15) is 45.7 Å². The summed E-state index contributed by atoms with van der Waals surface area (Å²) in [6.07, 6.45) is 5.35. The molecule has 0 atom stereocenters. The van der Waals surface area contributed by atoms with E-state index >= 15 is 0 Å². The zero-order valence-electron chi connectivity index (χ0n) is 12.8. The van der Waals surface area contributed by atoms with Gasteiger partial charge in [0.15, 0.2) is 0 Å². The molecule has 0 spiro atoms. The van der Waals surface area contributed by atoms with Crippen molar-refractivity contribution in [2.75, 3.05) is 0 Å². The summed E-state index contributed by atoms with van der Waals surface area (Å²) in [6, 6.07) is 8.54. The van der Waals surface area contributed by atoms with Gasteiger partial charge in [-0.05, 0) is 67.8 Å². The van der Waals surface area contributed by atoms with Crippen LogP contribution in [-0.2, 0) is 6.42 Å². The van der Waals surface area contributed by atoms with Crippen LogP contribution in [0.3, 0.4) is 0 Å². The first-order valence-corrected chi connectivity index (χ1v) is 7.66. The Balaban J connectivity index is 0.000000362. The summed E-state index contributed by atoms with van der Waals surface area (Å²) in [4.78, 5) is 0. The molecular formula is C18H25I. The molecule has 0 radical (unpaired) electrons. The molecule has 0 fully saturated rings. The van der Waals surface area contributed by atoms with Crippen LogP contribution in [0.4, 0.5) is 0 Å². The Morgan fingerprint density at radius 1 is 1.00 bits per heavy atom. The Kier molecular flexibility index (Phi) is 9.58. The molecule has 0 heterocycles. The van der Waals surface area contributed by atoms with Crippen LogP contribution in [0.2, 0.25) is 0 Å². The number of hydrogen-bond donors (Lipinski definition) is 0. The highest BCUT2D eigenvalue weighted by atomic mass is 127. The van der Waals surface area contributed by atoms with Crippen molar-refractivity contribution in [2.24, 2.45) is 0 Å². The minimum Gasteiger partial charge on any atom is -0.0850 e. The van der Waals surface area contributed by atoms with Crippen LogP contribution in [0.5, 0.6) is 0 Å². The molecule has 0 aliphatic carbocycles. The molecule has 0 unspecified atom stereocenters. The van der Waals surface area contributed by atoms with Crippen molar-refractivity contribution >= 4 is 26.2 Å². The van der Waals surface area contributed by atoms with Gasteiger partial charge in [-0.3, -0.25) is 0 Å². The highest BCUT2D eigenvalue weighted by molar-refractivity contribution is 14.1. The number of benzene rings is 1. The van der Waals surface area contributed by atoms with E-state index < -0.39 is 0 Å². The topological polar surface area (TPSA) is 0 Å². The standard InChI is InChI=1S/C10H11I.C8H14/c1-3-9-4-6-10(7-5-9)8(2)11;1-7(2)5-6-8(3)4/h4-7H,2-3H2,1H3;5-6H,1-4H3. The molecule has 1 rings (SSSR count). The van der Waals surface area contributed by atoms with E-state index in [1.807, 2.05) is 0 Å². The zero-order valence-corrected chi connectivity index (χ0v) is 14.9. The van der Waals surface area contributed by atoms with Gasteiger partial charge in [0.25, 0.3) is 0 Å². The molecule has 0 aliphatic heterocycles. The molecular weight excluding hydrogens is 343 g/mol. The number of allylic oxidation sites excluding steroid dienone is 4. The van der Waals surface area contributed by atoms with Crippen molar-refractivity contribution in [2.45, 2.75) is 41.0 Å². The van der Waals surface area contributed by atoms with Crippen molar-refractivity contribution in [3.05, 3.63) is 65.3 Å². The van der Waals surface area contributed by atoms with Gasteiger partial charge < -0.3 is 0 Å². The lowest BCUT2D eigenvalue weighted by atomic mass is 10.1. The van der Waals surface area contributed by atoms with E-state index in [9.17, 15) is 0 Å². The van der Waals surface area contributed by atoms with Gasteiger partial charge in [0.1, 0.15) is 0 Å². The molecule has 104 valence electrons. The average Bonchev–Trinajstić information content (AvgIpc) is 2.37. The first-order chi connectivity index (χ1) is 8.86. The fourth-order valence-electron chi connectivity index (χ4n) is 1.25. The van der Waals surface area contributed by atoms with E-state index in [0.717, 1.165) is 10.0 Å². The smallest absolute Gasteiger partial charge is 0.0130 e. The summed E-state index contributed by atoms with van der Waals surface area (Å²) in [5.41, 5.74) is 5.31. The first kappa shape index (κ1) is 18.2. The van der Waals surface area contributed by atoms with Gasteiger partial charge in [0.2, 0.25) is 0 Å². The molecule has 0 amide bonds. The average molecular weight is 368 g/mol. The molecule has 0 N–H and O–H groups in total. The summed E-state index contributed by atoms with van der Waals surface area (Å²) < 4.78 is 1.10. The summed E-state index contributed by atoms with van der Waals surface area (Å²) in [6.45, 7) is 14.4. The monoisotopic (exact) mass is 368 g/mol. The molecule has 0 saturated carbocycles. The summed E-state index contributed by atoms with van der Waals surface area (Å²) in [5.74, 6) is 0. The van der Waals surface area contributed by atoms with Crippen LogP contribution in [0.15, 0.2) is 54.1 Å². The minimum absolute atomic E-state index is 1.10. The number of aryl methyl sites for hydroxylation is 1. The van der Waals surface area contributed by atoms with Crippen molar-refractivity contribution in [3.63, 3.8) is 0 Å². The Morgan fingerprint density at radius 2 is 1.42 bits per heavy atom. The van der Waals surface area contributed by atoms with Crippen molar-refractivity contribution in [3.8, 4) is 0 Å². The Bertz CT molecular complexity index is 423. The number of halogens is 1. The van der Waals surface area contributed by atoms with Gasteiger partial charge in [-0.2, -0.15) is 0 Å². The van der Waals surface area contributed by atoms with Gasteiger partial charge in [-0.25, -0.2) is 0 Å².